The van der Waals surface area contributed by atoms with Gasteiger partial charge in [-0.3, -0.25) is 9.69 Å². The largest absolute Gasteiger partial charge is 0.338 e. The van der Waals surface area contributed by atoms with Crippen molar-refractivity contribution in [2.75, 3.05) is 45.8 Å². The average Bonchev–Trinajstić information content (AvgIpc) is 3.38. The van der Waals surface area contributed by atoms with Gasteiger partial charge in [0.2, 0.25) is 0 Å². The van der Waals surface area contributed by atoms with Crippen LogP contribution in [-0.2, 0) is 6.54 Å². The fourth-order valence-electron chi connectivity index (χ4n) is 6.19. The van der Waals surface area contributed by atoms with Gasteiger partial charge in [0.05, 0.1) is 0 Å². The molecule has 0 saturated carbocycles. The first-order chi connectivity index (χ1) is 18.2. The van der Waals surface area contributed by atoms with Gasteiger partial charge in [0.1, 0.15) is 0 Å². The van der Waals surface area contributed by atoms with E-state index in [1.54, 1.807) is 0 Å². The summed E-state index contributed by atoms with van der Waals surface area (Å²) in [5.41, 5.74) is 3.56. The van der Waals surface area contributed by atoms with E-state index in [1.165, 1.54) is 11.1 Å². The Balaban J connectivity index is 1.16. The first-order valence-electron chi connectivity index (χ1n) is 13.6. The van der Waals surface area contributed by atoms with Crippen molar-refractivity contribution in [3.8, 4) is 0 Å². The molecule has 2 heterocycles. The molecule has 0 aliphatic carbocycles. The Kier molecular flexibility index (Phi) is 7.03. The maximum Gasteiger partial charge on any atom is 0.254 e. The fraction of sp³-hybridized carbons (Fsp3) is 0.303. The van der Waals surface area contributed by atoms with Crippen LogP contribution < -0.4 is 0 Å². The molecule has 4 heteroatoms. The standard InChI is InChI=1S/C33H35N3O/c37-33(31-17-9-15-27-14-7-8-16-30(27)31)36-24-29(32(25-36)28-12-5-2-6-13-28)23-35-20-18-34(19-21-35)22-26-10-3-1-4-11-26/h1-17,29,32H,18-25H2. The van der Waals surface area contributed by atoms with Crippen LogP contribution in [0, 0.1) is 5.92 Å². The lowest BCUT2D eigenvalue weighted by atomic mass is 9.88. The Labute approximate surface area is 220 Å². The van der Waals surface area contributed by atoms with E-state index < -0.39 is 0 Å². The molecule has 2 unspecified atom stereocenters. The van der Waals surface area contributed by atoms with Crippen LogP contribution in [0.2, 0.25) is 0 Å². The summed E-state index contributed by atoms with van der Waals surface area (Å²) < 4.78 is 0. The van der Waals surface area contributed by atoms with E-state index in [0.717, 1.165) is 68.7 Å². The lowest BCUT2D eigenvalue weighted by molar-refractivity contribution is 0.0777. The molecule has 2 aliphatic heterocycles. The molecular weight excluding hydrogens is 454 g/mol. The van der Waals surface area contributed by atoms with Gasteiger partial charge >= 0.3 is 0 Å². The SMILES string of the molecule is O=C(c1cccc2ccccc12)N1CC(CN2CCN(Cc3ccccc3)CC2)C(c2ccccc2)C1. The zero-order chi connectivity index (χ0) is 25.0. The van der Waals surface area contributed by atoms with Crippen molar-refractivity contribution in [1.29, 1.82) is 0 Å². The van der Waals surface area contributed by atoms with Gasteiger partial charge in [-0.05, 0) is 33.9 Å². The smallest absolute Gasteiger partial charge is 0.254 e. The first-order valence-corrected chi connectivity index (χ1v) is 13.6. The van der Waals surface area contributed by atoms with E-state index in [2.05, 4.69) is 93.6 Å². The van der Waals surface area contributed by atoms with Crippen molar-refractivity contribution in [2.45, 2.75) is 12.5 Å². The highest BCUT2D eigenvalue weighted by molar-refractivity contribution is 6.07. The first kappa shape index (κ1) is 23.9. The van der Waals surface area contributed by atoms with Crippen LogP contribution in [0.3, 0.4) is 0 Å². The van der Waals surface area contributed by atoms with Crippen molar-refractivity contribution in [1.82, 2.24) is 14.7 Å². The number of amides is 1. The normalized spacial score (nSPS) is 20.9. The summed E-state index contributed by atoms with van der Waals surface area (Å²) in [5.74, 6) is 0.956. The van der Waals surface area contributed by atoms with E-state index in [4.69, 9.17) is 0 Å². The second-order valence-electron chi connectivity index (χ2n) is 10.6. The number of hydrogen-bond acceptors (Lipinski definition) is 3. The van der Waals surface area contributed by atoms with Gasteiger partial charge in [-0.25, -0.2) is 0 Å². The van der Waals surface area contributed by atoms with Crippen molar-refractivity contribution >= 4 is 16.7 Å². The summed E-state index contributed by atoms with van der Waals surface area (Å²) in [4.78, 5) is 21.1. The Morgan fingerprint density at radius 1 is 0.676 bits per heavy atom. The van der Waals surface area contributed by atoms with E-state index in [0.29, 0.717) is 11.8 Å². The van der Waals surface area contributed by atoms with Crippen molar-refractivity contribution < 1.29 is 4.79 Å². The molecule has 188 valence electrons. The maximum atomic E-state index is 13.8. The predicted molar refractivity (Wildman–Crippen MR) is 151 cm³/mol. The number of carbonyl (C=O) groups excluding carboxylic acids is 1. The molecule has 4 nitrogen and oxygen atoms in total. The summed E-state index contributed by atoms with van der Waals surface area (Å²) in [7, 11) is 0. The molecular formula is C33H35N3O. The van der Waals surface area contributed by atoms with E-state index in [9.17, 15) is 4.79 Å². The number of hydrogen-bond donors (Lipinski definition) is 0. The monoisotopic (exact) mass is 489 g/mol. The van der Waals surface area contributed by atoms with Gasteiger partial charge in [-0.15, -0.1) is 0 Å². The molecule has 2 atom stereocenters. The summed E-state index contributed by atoms with van der Waals surface area (Å²) >= 11 is 0. The van der Waals surface area contributed by atoms with E-state index >= 15 is 0 Å². The average molecular weight is 490 g/mol. The number of nitrogens with zero attached hydrogens (tertiary/aromatic N) is 3. The zero-order valence-electron chi connectivity index (χ0n) is 21.4. The van der Waals surface area contributed by atoms with Crippen molar-refractivity contribution in [3.63, 3.8) is 0 Å². The number of piperazine rings is 1. The predicted octanol–water partition coefficient (Wildman–Crippen LogP) is 5.51. The van der Waals surface area contributed by atoms with Crippen LogP contribution in [0.5, 0.6) is 0 Å². The minimum absolute atomic E-state index is 0.160. The third-order valence-electron chi connectivity index (χ3n) is 8.18. The quantitative estimate of drug-likeness (QED) is 0.357. The summed E-state index contributed by atoms with van der Waals surface area (Å²) in [6.07, 6.45) is 0. The highest BCUT2D eigenvalue weighted by Crippen LogP contribution is 2.35. The molecule has 0 radical (unpaired) electrons. The van der Waals surface area contributed by atoms with E-state index in [-0.39, 0.29) is 5.91 Å². The summed E-state index contributed by atoms with van der Waals surface area (Å²) in [6, 6.07) is 35.9. The van der Waals surface area contributed by atoms with Crippen LogP contribution in [0.1, 0.15) is 27.4 Å². The highest BCUT2D eigenvalue weighted by Gasteiger charge is 2.38. The van der Waals surface area contributed by atoms with Crippen LogP contribution in [-0.4, -0.2) is 66.4 Å². The third kappa shape index (κ3) is 5.31. The zero-order valence-corrected chi connectivity index (χ0v) is 21.4. The molecule has 1 amide bonds. The molecule has 0 bridgehead atoms. The number of fused-ring (bicyclic) bond motifs is 1. The molecule has 2 aliphatic rings. The summed E-state index contributed by atoms with van der Waals surface area (Å²) in [5, 5.41) is 2.17. The highest BCUT2D eigenvalue weighted by atomic mass is 16.2. The molecule has 4 aromatic carbocycles. The lowest BCUT2D eigenvalue weighted by Crippen LogP contribution is -2.48. The van der Waals surface area contributed by atoms with Gasteiger partial charge in [-0.2, -0.15) is 0 Å². The van der Waals surface area contributed by atoms with Crippen LogP contribution >= 0.6 is 0 Å². The Morgan fingerprint density at radius 2 is 1.32 bits per heavy atom. The number of rotatable bonds is 6. The van der Waals surface area contributed by atoms with Gasteiger partial charge in [0, 0.05) is 63.8 Å². The minimum atomic E-state index is 0.160. The maximum absolute atomic E-state index is 13.8. The number of likely N-dealkylation sites (tertiary alicyclic amines) is 1. The molecule has 2 saturated heterocycles. The second kappa shape index (κ2) is 10.9. The van der Waals surface area contributed by atoms with Gasteiger partial charge < -0.3 is 9.80 Å². The molecule has 2 fully saturated rings. The fourth-order valence-corrected chi connectivity index (χ4v) is 6.19. The molecule has 37 heavy (non-hydrogen) atoms. The Bertz CT molecular complexity index is 1330. The Morgan fingerprint density at radius 3 is 2.11 bits per heavy atom. The van der Waals surface area contributed by atoms with Crippen LogP contribution in [0.15, 0.2) is 103 Å². The van der Waals surface area contributed by atoms with E-state index in [1.807, 2.05) is 24.3 Å². The number of carbonyl (C=O) groups is 1. The van der Waals surface area contributed by atoms with Gasteiger partial charge in [0.15, 0.2) is 0 Å². The Hall–Kier alpha value is -3.47. The topological polar surface area (TPSA) is 26.8 Å². The minimum Gasteiger partial charge on any atom is -0.338 e. The van der Waals surface area contributed by atoms with Crippen LogP contribution in [0.25, 0.3) is 10.8 Å². The second-order valence-corrected chi connectivity index (χ2v) is 10.6. The van der Waals surface area contributed by atoms with Gasteiger partial charge in [0.25, 0.3) is 5.91 Å². The lowest BCUT2D eigenvalue weighted by Gasteiger charge is -2.36. The molecule has 0 aromatic heterocycles. The summed E-state index contributed by atoms with van der Waals surface area (Å²) in [6.45, 7) is 8.02. The van der Waals surface area contributed by atoms with Gasteiger partial charge in [-0.1, -0.05) is 97.1 Å². The molecule has 6 rings (SSSR count). The van der Waals surface area contributed by atoms with Crippen LogP contribution in [0.4, 0.5) is 0 Å². The molecule has 0 N–H and O–H groups in total. The number of benzene rings is 4. The molecule has 4 aromatic rings. The van der Waals surface area contributed by atoms with Crippen molar-refractivity contribution in [2.24, 2.45) is 5.92 Å². The van der Waals surface area contributed by atoms with Crippen molar-refractivity contribution in [3.05, 3.63) is 120 Å². The third-order valence-corrected chi connectivity index (χ3v) is 8.18. The molecule has 0 spiro atoms.